The van der Waals surface area contributed by atoms with E-state index in [-0.39, 0.29) is 4.05 Å². The molecule has 7 heteroatoms. The van der Waals surface area contributed by atoms with Crippen molar-refractivity contribution in [2.24, 2.45) is 0 Å². The van der Waals surface area contributed by atoms with E-state index in [1.807, 2.05) is 25.3 Å². The summed E-state index contributed by atoms with van der Waals surface area (Å²) in [4.78, 5) is 4.64. The Hall–Kier alpha value is -1.23. The van der Waals surface area contributed by atoms with E-state index in [4.69, 9.17) is 15.2 Å². The number of halogens is 2. The summed E-state index contributed by atoms with van der Waals surface area (Å²) in [5.74, 6) is 2.05. The zero-order valence-corrected chi connectivity index (χ0v) is 17.8. The van der Waals surface area contributed by atoms with Crippen molar-refractivity contribution in [3.05, 3.63) is 31.7 Å². The molecule has 126 valence electrons. The number of nitrogen functional groups attached to an aromatic ring is 1. The summed E-state index contributed by atoms with van der Waals surface area (Å²) >= 11 is 4.58. The highest BCUT2D eigenvalue weighted by atomic mass is 127. The van der Waals surface area contributed by atoms with Crippen LogP contribution in [0.4, 0.5) is 5.82 Å². The maximum absolute atomic E-state index is 6.22. The molecular formula is C17H17I2N3O2. The molecule has 0 amide bonds. The number of ether oxygens (including phenoxy) is 2. The van der Waals surface area contributed by atoms with Gasteiger partial charge >= 0.3 is 0 Å². The molecule has 0 fully saturated rings. The first-order chi connectivity index (χ1) is 11.5. The summed E-state index contributed by atoms with van der Waals surface area (Å²) in [5.41, 5.74) is 9.02. The molecule has 3 N–H and O–H groups in total. The number of hydrogen-bond donors (Lipinski definition) is 2. The van der Waals surface area contributed by atoms with Crippen LogP contribution in [0.15, 0.2) is 12.1 Å². The van der Waals surface area contributed by atoms with E-state index >= 15 is 0 Å². The van der Waals surface area contributed by atoms with Crippen molar-refractivity contribution in [2.45, 2.75) is 11.0 Å². The number of nitrogens with one attached hydrogen (secondary N) is 1. The van der Waals surface area contributed by atoms with Gasteiger partial charge < -0.3 is 20.5 Å². The van der Waals surface area contributed by atoms with Gasteiger partial charge in [-0.1, -0.05) is 22.6 Å². The standard InChI is InChI=1S/C17H17I2N3O2/c1-8-12(23-2)6-13(24-3)16(19)15(8)11-4-9-7-21-14(18)5-10(9)17(20)22-11/h4-7,14,21H,1-3H3,(H2,20,22). The van der Waals surface area contributed by atoms with E-state index in [1.165, 1.54) is 0 Å². The molecule has 1 aliphatic heterocycles. The minimum absolute atomic E-state index is 0.212. The molecule has 0 radical (unpaired) electrons. The van der Waals surface area contributed by atoms with Crippen molar-refractivity contribution in [1.82, 2.24) is 10.3 Å². The normalized spacial score (nSPS) is 15.6. The highest BCUT2D eigenvalue weighted by Gasteiger charge is 2.19. The number of nitrogens with two attached hydrogens (primary N) is 1. The zero-order valence-electron chi connectivity index (χ0n) is 13.5. The molecule has 1 atom stereocenters. The first-order valence-corrected chi connectivity index (χ1v) is 9.58. The number of fused-ring (bicyclic) bond motifs is 1. The molecular weight excluding hydrogens is 532 g/mol. The second-order valence-electron chi connectivity index (χ2n) is 5.37. The molecule has 3 rings (SSSR count). The fraction of sp³-hybridized carbons (Fsp3) is 0.235. The maximum atomic E-state index is 6.22. The molecule has 5 nitrogen and oxygen atoms in total. The Morgan fingerprint density at radius 1 is 1.21 bits per heavy atom. The van der Waals surface area contributed by atoms with Gasteiger partial charge in [0, 0.05) is 33.8 Å². The molecule has 1 aliphatic rings. The molecule has 1 aromatic carbocycles. The van der Waals surface area contributed by atoms with Gasteiger partial charge in [-0.15, -0.1) is 0 Å². The lowest BCUT2D eigenvalue weighted by Gasteiger charge is -2.17. The molecule has 0 saturated heterocycles. The van der Waals surface area contributed by atoms with Crippen LogP contribution in [0.1, 0.15) is 5.56 Å². The van der Waals surface area contributed by atoms with Gasteiger partial charge in [-0.3, -0.25) is 0 Å². The topological polar surface area (TPSA) is 69.4 Å². The highest BCUT2D eigenvalue weighted by Crippen LogP contribution is 2.39. The Morgan fingerprint density at radius 2 is 1.92 bits per heavy atom. The number of methoxy groups -OCH3 is 2. The third-order valence-electron chi connectivity index (χ3n) is 3.97. The number of hydrogen-bond acceptors (Lipinski definition) is 5. The first-order valence-electron chi connectivity index (χ1n) is 7.26. The van der Waals surface area contributed by atoms with Crippen LogP contribution >= 0.6 is 45.2 Å². The predicted octanol–water partition coefficient (Wildman–Crippen LogP) is 2.14. The van der Waals surface area contributed by atoms with Gasteiger partial charge in [0.25, 0.3) is 0 Å². The number of aromatic nitrogens is 1. The van der Waals surface area contributed by atoms with Gasteiger partial charge in [-0.2, -0.15) is 0 Å². The van der Waals surface area contributed by atoms with Crippen LogP contribution in [0.2, 0.25) is 0 Å². The van der Waals surface area contributed by atoms with Crippen molar-refractivity contribution >= 4 is 63.3 Å². The molecule has 1 aromatic heterocycles. The van der Waals surface area contributed by atoms with Gasteiger partial charge in [0.05, 0.1) is 27.5 Å². The zero-order chi connectivity index (χ0) is 17.4. The van der Waals surface area contributed by atoms with E-state index in [2.05, 4.69) is 61.6 Å². The van der Waals surface area contributed by atoms with E-state index in [1.54, 1.807) is 14.2 Å². The number of anilines is 1. The molecule has 0 bridgehead atoms. The summed E-state index contributed by atoms with van der Waals surface area (Å²) in [7, 11) is 3.30. The number of alkyl halides is 1. The third kappa shape index (κ3) is 3.03. The van der Waals surface area contributed by atoms with Gasteiger partial charge in [0.2, 0.25) is 0 Å². The van der Waals surface area contributed by atoms with Crippen molar-refractivity contribution < 1.29 is 9.47 Å². The van der Waals surface area contributed by atoms with Gasteiger partial charge in [0.1, 0.15) is 17.3 Å². The Balaban J connectivity index is 2.32. The lowest BCUT2D eigenvalue weighted by atomic mass is 10.0. The van der Waals surface area contributed by atoms with Gasteiger partial charge in [-0.25, -0.2) is 4.98 Å². The summed E-state index contributed by atoms with van der Waals surface area (Å²) in [5, 5.41) is 5.29. The molecule has 24 heavy (non-hydrogen) atoms. The number of benzene rings is 1. The van der Waals surface area contributed by atoms with Crippen molar-refractivity contribution in [3.8, 4) is 22.8 Å². The Morgan fingerprint density at radius 3 is 2.58 bits per heavy atom. The van der Waals surface area contributed by atoms with E-state index in [0.717, 1.165) is 42.3 Å². The van der Waals surface area contributed by atoms with Gasteiger partial charge in [-0.05, 0) is 41.7 Å². The van der Waals surface area contributed by atoms with E-state index in [0.29, 0.717) is 5.82 Å². The van der Waals surface area contributed by atoms with Gasteiger partial charge in [0.15, 0.2) is 0 Å². The second kappa shape index (κ2) is 6.95. The lowest BCUT2D eigenvalue weighted by molar-refractivity contribution is 0.391. The molecule has 2 heterocycles. The van der Waals surface area contributed by atoms with Crippen LogP contribution in [0.25, 0.3) is 23.5 Å². The average Bonchev–Trinajstić information content (AvgIpc) is 2.56. The molecule has 1 unspecified atom stereocenters. The fourth-order valence-corrected chi connectivity index (χ4v) is 4.35. The predicted molar refractivity (Wildman–Crippen MR) is 114 cm³/mol. The number of nitrogens with zero attached hydrogens (tertiary/aromatic N) is 1. The maximum Gasteiger partial charge on any atom is 0.136 e. The van der Waals surface area contributed by atoms with E-state index < -0.39 is 0 Å². The minimum atomic E-state index is 0.212. The van der Waals surface area contributed by atoms with Crippen molar-refractivity contribution in [3.63, 3.8) is 0 Å². The summed E-state index contributed by atoms with van der Waals surface area (Å²) in [6.45, 7) is 2.02. The Bertz CT molecular complexity index is 900. The van der Waals surface area contributed by atoms with Crippen LogP contribution < -0.4 is 31.0 Å². The Labute approximate surface area is 167 Å². The third-order valence-corrected chi connectivity index (χ3v) is 5.76. The Kier molecular flexibility index (Phi) is 5.09. The van der Waals surface area contributed by atoms with Crippen LogP contribution in [0.3, 0.4) is 0 Å². The van der Waals surface area contributed by atoms with Crippen LogP contribution in [0, 0.1) is 10.5 Å². The molecule has 0 spiro atoms. The monoisotopic (exact) mass is 549 g/mol. The molecule has 0 saturated carbocycles. The fourth-order valence-electron chi connectivity index (χ4n) is 2.75. The second-order valence-corrected chi connectivity index (χ2v) is 7.79. The van der Waals surface area contributed by atoms with Crippen LogP contribution in [0.5, 0.6) is 11.5 Å². The minimum Gasteiger partial charge on any atom is -0.496 e. The van der Waals surface area contributed by atoms with Crippen molar-refractivity contribution in [1.29, 1.82) is 0 Å². The largest absolute Gasteiger partial charge is 0.496 e. The number of pyridine rings is 1. The molecule has 2 aromatic rings. The average molecular weight is 549 g/mol. The van der Waals surface area contributed by atoms with Crippen LogP contribution in [-0.4, -0.2) is 23.3 Å². The summed E-state index contributed by atoms with van der Waals surface area (Å²) in [6.07, 6.45) is 4.06. The van der Waals surface area contributed by atoms with E-state index in [9.17, 15) is 0 Å². The molecule has 0 aliphatic carbocycles. The quantitative estimate of drug-likeness (QED) is 0.349. The lowest BCUT2D eigenvalue weighted by Crippen LogP contribution is -2.38. The van der Waals surface area contributed by atoms with Crippen molar-refractivity contribution in [2.75, 3.05) is 20.0 Å². The SMILES string of the molecule is COc1cc(OC)c(I)c(-c2cc3c(c(N)n2)=CC(I)NC=3)c1C. The summed E-state index contributed by atoms with van der Waals surface area (Å²) < 4.78 is 12.2. The summed E-state index contributed by atoms with van der Waals surface area (Å²) in [6, 6.07) is 3.94. The first kappa shape index (κ1) is 17.6. The smallest absolute Gasteiger partial charge is 0.136 e. The number of rotatable bonds is 3. The highest BCUT2D eigenvalue weighted by molar-refractivity contribution is 14.1. The van der Waals surface area contributed by atoms with Crippen LogP contribution in [-0.2, 0) is 0 Å².